The van der Waals surface area contributed by atoms with Crippen molar-refractivity contribution in [3.8, 4) is 0 Å². The summed E-state index contributed by atoms with van der Waals surface area (Å²) >= 11 is 0. The highest BCUT2D eigenvalue weighted by Gasteiger charge is 2.26. The lowest BCUT2D eigenvalue weighted by Crippen LogP contribution is -2.45. The van der Waals surface area contributed by atoms with E-state index in [1.807, 2.05) is 13.0 Å². The number of amides is 1. The van der Waals surface area contributed by atoms with E-state index in [1.165, 1.54) is 0 Å². The number of hydrogen-bond acceptors (Lipinski definition) is 3. The second-order valence-electron chi connectivity index (χ2n) is 6.36. The number of carboxylic acid groups (broad SMARTS) is 1. The average Bonchev–Trinajstić information content (AvgIpc) is 2.42. The summed E-state index contributed by atoms with van der Waals surface area (Å²) in [5.41, 5.74) is 1.22. The first-order valence-corrected chi connectivity index (χ1v) is 7.17. The number of carboxylic acids is 1. The molecular weight excluding hydrogens is 268 g/mol. The van der Waals surface area contributed by atoms with Gasteiger partial charge in [-0.25, -0.2) is 4.79 Å². The fourth-order valence-corrected chi connectivity index (χ4v) is 1.87. The van der Waals surface area contributed by atoms with Crippen LogP contribution in [0.5, 0.6) is 0 Å². The van der Waals surface area contributed by atoms with E-state index < -0.39 is 17.9 Å². The molecule has 1 heterocycles. The number of hydrogen-bond donors (Lipinski definition) is 2. The van der Waals surface area contributed by atoms with Gasteiger partial charge in [-0.3, -0.25) is 9.78 Å². The van der Waals surface area contributed by atoms with Crippen LogP contribution in [0.25, 0.3) is 0 Å². The molecule has 0 aliphatic rings. The van der Waals surface area contributed by atoms with Gasteiger partial charge in [0, 0.05) is 6.20 Å². The number of carbonyl (C=O) groups excluding carboxylic acids is 1. The fraction of sp³-hybridized carbons (Fsp3) is 0.562. The first kappa shape index (κ1) is 17.1. The molecule has 116 valence electrons. The molecule has 0 radical (unpaired) electrons. The molecule has 0 saturated heterocycles. The molecule has 0 aromatic carbocycles. The Morgan fingerprint density at radius 3 is 2.33 bits per heavy atom. The molecule has 0 spiro atoms. The monoisotopic (exact) mass is 292 g/mol. The van der Waals surface area contributed by atoms with E-state index in [-0.39, 0.29) is 17.0 Å². The topological polar surface area (TPSA) is 79.3 Å². The Morgan fingerprint density at radius 2 is 1.95 bits per heavy atom. The minimum absolute atomic E-state index is 0.0394. The van der Waals surface area contributed by atoms with Crippen molar-refractivity contribution in [2.45, 2.75) is 52.5 Å². The van der Waals surface area contributed by atoms with Crippen molar-refractivity contribution in [3.05, 3.63) is 29.6 Å². The van der Waals surface area contributed by atoms with Crippen LogP contribution in [0.15, 0.2) is 18.3 Å². The highest BCUT2D eigenvalue weighted by atomic mass is 16.4. The minimum atomic E-state index is -1.02. The summed E-state index contributed by atoms with van der Waals surface area (Å²) < 4.78 is 0. The maximum atomic E-state index is 12.1. The van der Waals surface area contributed by atoms with E-state index in [1.54, 1.807) is 19.2 Å². The number of nitrogens with zero attached hydrogens (tertiary/aromatic N) is 1. The molecule has 5 nitrogen and oxygen atoms in total. The molecular formula is C16H24N2O3. The van der Waals surface area contributed by atoms with Crippen LogP contribution < -0.4 is 5.32 Å². The quantitative estimate of drug-likeness (QED) is 0.874. The Kier molecular flexibility index (Phi) is 5.47. The van der Waals surface area contributed by atoms with Crippen LogP contribution in [0.1, 0.15) is 57.1 Å². The highest BCUT2D eigenvalue weighted by molar-refractivity contribution is 5.95. The van der Waals surface area contributed by atoms with Crippen LogP contribution in [-0.4, -0.2) is 28.0 Å². The molecule has 1 amide bonds. The summed E-state index contributed by atoms with van der Waals surface area (Å²) in [6, 6.07) is 2.58. The Bertz CT molecular complexity index is 503. The molecule has 0 bridgehead atoms. The van der Waals surface area contributed by atoms with Gasteiger partial charge < -0.3 is 10.4 Å². The summed E-state index contributed by atoms with van der Waals surface area (Å²) in [5, 5.41) is 11.7. The Morgan fingerprint density at radius 1 is 1.33 bits per heavy atom. The van der Waals surface area contributed by atoms with E-state index in [2.05, 4.69) is 31.1 Å². The van der Waals surface area contributed by atoms with Crippen LogP contribution in [0.2, 0.25) is 0 Å². The second-order valence-corrected chi connectivity index (χ2v) is 6.36. The molecule has 0 saturated carbocycles. The molecule has 1 rings (SSSR count). The Balaban J connectivity index is 2.86. The molecule has 0 fully saturated rings. The molecule has 1 aromatic rings. The molecule has 2 N–H and O–H groups in total. The summed E-state index contributed by atoms with van der Waals surface area (Å²) in [6.07, 6.45) is 2.33. The number of aromatic nitrogens is 1. The first-order valence-electron chi connectivity index (χ1n) is 7.17. The standard InChI is InChI=1S/C16H24N2O3/c1-6-10(2)13(15(20)21)18-14(19)12-8-7-11(9-17-12)16(3,4)5/h7-10,13H,6H2,1-5H3,(H,18,19)(H,20,21). The largest absolute Gasteiger partial charge is 0.480 e. The van der Waals surface area contributed by atoms with E-state index in [4.69, 9.17) is 0 Å². The predicted molar refractivity (Wildman–Crippen MR) is 81.3 cm³/mol. The van der Waals surface area contributed by atoms with Gasteiger partial charge in [-0.1, -0.05) is 47.1 Å². The third kappa shape index (κ3) is 4.55. The zero-order valence-corrected chi connectivity index (χ0v) is 13.3. The van der Waals surface area contributed by atoms with E-state index in [0.29, 0.717) is 6.42 Å². The van der Waals surface area contributed by atoms with Gasteiger partial charge in [0.2, 0.25) is 0 Å². The summed E-state index contributed by atoms with van der Waals surface area (Å²) in [5.74, 6) is -1.62. The van der Waals surface area contributed by atoms with Gasteiger partial charge in [0.05, 0.1) is 0 Å². The van der Waals surface area contributed by atoms with E-state index in [0.717, 1.165) is 5.56 Å². The van der Waals surface area contributed by atoms with E-state index in [9.17, 15) is 14.7 Å². The highest BCUT2D eigenvalue weighted by Crippen LogP contribution is 2.21. The molecule has 2 unspecified atom stereocenters. The van der Waals surface area contributed by atoms with Crippen LogP contribution in [-0.2, 0) is 10.2 Å². The number of aliphatic carboxylic acids is 1. The fourth-order valence-electron chi connectivity index (χ4n) is 1.87. The van der Waals surface area contributed by atoms with Crippen molar-refractivity contribution in [1.82, 2.24) is 10.3 Å². The number of pyridine rings is 1. The lowest BCUT2D eigenvalue weighted by Gasteiger charge is -2.21. The lowest BCUT2D eigenvalue weighted by atomic mass is 9.88. The van der Waals surface area contributed by atoms with Crippen LogP contribution in [0.3, 0.4) is 0 Å². The molecule has 0 aliphatic heterocycles. The SMILES string of the molecule is CCC(C)C(NC(=O)c1ccc(C(C)(C)C)cn1)C(=O)O. The zero-order chi connectivity index (χ0) is 16.2. The molecule has 1 aromatic heterocycles. The van der Waals surface area contributed by atoms with Crippen molar-refractivity contribution in [2.75, 3.05) is 0 Å². The van der Waals surface area contributed by atoms with Crippen molar-refractivity contribution in [1.29, 1.82) is 0 Å². The zero-order valence-electron chi connectivity index (χ0n) is 13.3. The molecule has 21 heavy (non-hydrogen) atoms. The lowest BCUT2D eigenvalue weighted by molar-refractivity contribution is -0.140. The Labute approximate surface area is 125 Å². The van der Waals surface area contributed by atoms with Gasteiger partial charge >= 0.3 is 5.97 Å². The molecule has 5 heteroatoms. The summed E-state index contributed by atoms with van der Waals surface area (Å²) in [7, 11) is 0. The third-order valence-electron chi connectivity index (χ3n) is 3.63. The van der Waals surface area contributed by atoms with Crippen molar-refractivity contribution < 1.29 is 14.7 Å². The third-order valence-corrected chi connectivity index (χ3v) is 3.63. The molecule has 2 atom stereocenters. The minimum Gasteiger partial charge on any atom is -0.480 e. The smallest absolute Gasteiger partial charge is 0.326 e. The number of carbonyl (C=O) groups is 2. The number of nitrogens with one attached hydrogen (secondary N) is 1. The maximum Gasteiger partial charge on any atom is 0.326 e. The Hall–Kier alpha value is -1.91. The van der Waals surface area contributed by atoms with Crippen LogP contribution in [0, 0.1) is 5.92 Å². The van der Waals surface area contributed by atoms with Crippen molar-refractivity contribution in [3.63, 3.8) is 0 Å². The summed E-state index contributed by atoms with van der Waals surface area (Å²) in [4.78, 5) is 27.5. The van der Waals surface area contributed by atoms with Gasteiger partial charge in [-0.15, -0.1) is 0 Å². The number of rotatable bonds is 5. The van der Waals surface area contributed by atoms with Gasteiger partial charge in [0.15, 0.2) is 0 Å². The normalized spacial score (nSPS) is 14.3. The van der Waals surface area contributed by atoms with Crippen molar-refractivity contribution >= 4 is 11.9 Å². The predicted octanol–water partition coefficient (Wildman–Crippen LogP) is 2.61. The van der Waals surface area contributed by atoms with Gasteiger partial charge in [-0.05, 0) is 23.0 Å². The first-order chi connectivity index (χ1) is 9.66. The second kappa shape index (κ2) is 6.70. The van der Waals surface area contributed by atoms with Crippen LogP contribution >= 0.6 is 0 Å². The maximum absolute atomic E-state index is 12.1. The van der Waals surface area contributed by atoms with Gasteiger partial charge in [0.1, 0.15) is 11.7 Å². The summed E-state index contributed by atoms with van der Waals surface area (Å²) in [6.45, 7) is 9.88. The molecule has 0 aliphatic carbocycles. The van der Waals surface area contributed by atoms with Gasteiger partial charge in [0.25, 0.3) is 5.91 Å². The average molecular weight is 292 g/mol. The van der Waals surface area contributed by atoms with E-state index >= 15 is 0 Å². The van der Waals surface area contributed by atoms with Gasteiger partial charge in [-0.2, -0.15) is 0 Å². The van der Waals surface area contributed by atoms with Crippen LogP contribution in [0.4, 0.5) is 0 Å². The van der Waals surface area contributed by atoms with Crippen molar-refractivity contribution in [2.24, 2.45) is 5.92 Å².